The highest BCUT2D eigenvalue weighted by molar-refractivity contribution is 7.80. The zero-order valence-corrected chi connectivity index (χ0v) is 19.6. The number of thiol groups is 1. The molecule has 1 atom stereocenters. The SMILES string of the molecule is CN1CCC[C@H](Oc2cc(-c3cnn(C)c3)cc3ncnc(Nc4ccc(N)c(S)c4)c23)C1. The number of likely N-dealkylation sites (N-methyl/N-ethyl adjacent to an activating group) is 1. The van der Waals surface area contributed by atoms with Crippen molar-refractivity contribution < 1.29 is 4.74 Å². The summed E-state index contributed by atoms with van der Waals surface area (Å²) >= 11 is 4.44. The number of nitrogens with zero attached hydrogens (tertiary/aromatic N) is 5. The molecule has 0 amide bonds. The van der Waals surface area contributed by atoms with Crippen molar-refractivity contribution in [2.45, 2.75) is 23.8 Å². The molecule has 5 rings (SSSR count). The Labute approximate surface area is 198 Å². The largest absolute Gasteiger partial charge is 0.488 e. The van der Waals surface area contributed by atoms with Gasteiger partial charge in [0.05, 0.1) is 17.1 Å². The predicted molar refractivity (Wildman–Crippen MR) is 134 cm³/mol. The maximum Gasteiger partial charge on any atom is 0.145 e. The quantitative estimate of drug-likeness (QED) is 0.304. The van der Waals surface area contributed by atoms with Crippen LogP contribution in [-0.2, 0) is 7.05 Å². The summed E-state index contributed by atoms with van der Waals surface area (Å²) in [6.07, 6.45) is 7.63. The maximum atomic E-state index is 6.61. The summed E-state index contributed by atoms with van der Waals surface area (Å²) in [6.45, 7) is 1.98. The van der Waals surface area contributed by atoms with Gasteiger partial charge in [-0.2, -0.15) is 5.10 Å². The fraction of sp³-hybridized carbons (Fsp3) is 0.292. The molecular weight excluding hydrogens is 434 g/mol. The summed E-state index contributed by atoms with van der Waals surface area (Å²) in [7, 11) is 4.04. The van der Waals surface area contributed by atoms with Gasteiger partial charge in [-0.3, -0.25) is 4.68 Å². The number of aryl methyl sites for hydroxylation is 1. The fourth-order valence-corrected chi connectivity index (χ4v) is 4.45. The summed E-state index contributed by atoms with van der Waals surface area (Å²) in [6, 6.07) is 9.72. The molecule has 2 aromatic carbocycles. The Kier molecular flexibility index (Phi) is 5.82. The number of likely N-dealkylation sites (tertiary alicyclic amines) is 1. The van der Waals surface area contributed by atoms with E-state index in [2.05, 4.69) is 51.0 Å². The lowest BCUT2D eigenvalue weighted by Crippen LogP contribution is -2.38. The van der Waals surface area contributed by atoms with Crippen LogP contribution < -0.4 is 15.8 Å². The Morgan fingerprint density at radius 1 is 1.15 bits per heavy atom. The lowest BCUT2D eigenvalue weighted by Gasteiger charge is -2.30. The number of benzene rings is 2. The molecule has 8 nitrogen and oxygen atoms in total. The van der Waals surface area contributed by atoms with E-state index in [1.165, 1.54) is 0 Å². The Hall–Kier alpha value is -3.30. The van der Waals surface area contributed by atoms with Gasteiger partial charge in [0.1, 0.15) is 24.0 Å². The van der Waals surface area contributed by atoms with Crippen molar-refractivity contribution in [2.24, 2.45) is 7.05 Å². The molecule has 4 aromatic rings. The number of nitrogen functional groups attached to an aromatic ring is 1. The second kappa shape index (κ2) is 8.92. The van der Waals surface area contributed by atoms with Gasteiger partial charge in [-0.25, -0.2) is 9.97 Å². The number of hydrogen-bond acceptors (Lipinski definition) is 8. The zero-order chi connectivity index (χ0) is 22.9. The highest BCUT2D eigenvalue weighted by atomic mass is 32.1. The van der Waals surface area contributed by atoms with Gasteiger partial charge in [-0.15, -0.1) is 12.6 Å². The van der Waals surface area contributed by atoms with Crippen molar-refractivity contribution in [3.63, 3.8) is 0 Å². The number of fused-ring (bicyclic) bond motifs is 1. The van der Waals surface area contributed by atoms with E-state index in [1.54, 1.807) is 11.0 Å². The molecule has 1 aliphatic heterocycles. The molecule has 3 N–H and O–H groups in total. The van der Waals surface area contributed by atoms with Crippen LogP contribution in [0.25, 0.3) is 22.0 Å². The molecule has 0 bridgehead atoms. The van der Waals surface area contributed by atoms with Crippen LogP contribution in [0.3, 0.4) is 0 Å². The van der Waals surface area contributed by atoms with Crippen LogP contribution in [0.15, 0.2) is 53.9 Å². The average Bonchev–Trinajstić information content (AvgIpc) is 3.23. The van der Waals surface area contributed by atoms with E-state index in [9.17, 15) is 0 Å². The van der Waals surface area contributed by atoms with Gasteiger partial charge >= 0.3 is 0 Å². The molecule has 0 radical (unpaired) electrons. The van der Waals surface area contributed by atoms with E-state index in [0.29, 0.717) is 16.4 Å². The number of piperidine rings is 1. The lowest BCUT2D eigenvalue weighted by molar-refractivity contribution is 0.106. The smallest absolute Gasteiger partial charge is 0.145 e. The minimum Gasteiger partial charge on any atom is -0.488 e. The summed E-state index contributed by atoms with van der Waals surface area (Å²) < 4.78 is 8.40. The van der Waals surface area contributed by atoms with Crippen LogP contribution in [0.1, 0.15) is 12.8 Å². The molecule has 1 aliphatic rings. The third-order valence-corrected chi connectivity index (χ3v) is 6.30. The first-order valence-corrected chi connectivity index (χ1v) is 11.4. The molecule has 0 aliphatic carbocycles. The summed E-state index contributed by atoms with van der Waals surface area (Å²) in [4.78, 5) is 12.1. The number of nitrogens with one attached hydrogen (secondary N) is 1. The number of hydrogen-bond donors (Lipinski definition) is 3. The van der Waals surface area contributed by atoms with Crippen molar-refractivity contribution in [1.82, 2.24) is 24.6 Å². The molecule has 33 heavy (non-hydrogen) atoms. The highest BCUT2D eigenvalue weighted by Gasteiger charge is 2.22. The maximum absolute atomic E-state index is 6.61. The first-order chi connectivity index (χ1) is 16.0. The van der Waals surface area contributed by atoms with Crippen LogP contribution in [-0.4, -0.2) is 50.9 Å². The van der Waals surface area contributed by atoms with Gasteiger partial charge in [0, 0.05) is 41.6 Å². The van der Waals surface area contributed by atoms with E-state index in [0.717, 1.165) is 59.4 Å². The standard InChI is InChI=1S/C24H27N7OS/c1-30-7-3-4-18(13-30)32-21-9-15(16-11-28-31(2)12-16)8-20-23(21)24(27-14-26-20)29-17-5-6-19(25)22(33)10-17/h5-6,8-12,14,18,33H,3-4,7,13,25H2,1-2H3,(H,26,27,29)/t18-/m0/s1. The monoisotopic (exact) mass is 461 g/mol. The third kappa shape index (κ3) is 4.60. The van der Waals surface area contributed by atoms with E-state index < -0.39 is 0 Å². The lowest BCUT2D eigenvalue weighted by atomic mass is 10.0. The molecule has 0 unspecified atom stereocenters. The highest BCUT2D eigenvalue weighted by Crippen LogP contribution is 2.37. The second-order valence-corrected chi connectivity index (χ2v) is 9.02. The summed E-state index contributed by atoms with van der Waals surface area (Å²) in [5, 5.41) is 8.57. The molecular formula is C24H27N7OS. The summed E-state index contributed by atoms with van der Waals surface area (Å²) in [5.41, 5.74) is 10.2. The zero-order valence-electron chi connectivity index (χ0n) is 18.7. The molecule has 0 spiro atoms. The molecule has 3 heterocycles. The van der Waals surface area contributed by atoms with Crippen molar-refractivity contribution in [2.75, 3.05) is 31.2 Å². The number of anilines is 3. The van der Waals surface area contributed by atoms with Crippen LogP contribution in [0.2, 0.25) is 0 Å². The van der Waals surface area contributed by atoms with E-state index in [1.807, 2.05) is 43.7 Å². The van der Waals surface area contributed by atoms with Gasteiger partial charge in [-0.05, 0) is 62.3 Å². The molecule has 2 aromatic heterocycles. The van der Waals surface area contributed by atoms with E-state index >= 15 is 0 Å². The number of nitrogens with two attached hydrogens (primary N) is 1. The van der Waals surface area contributed by atoms with Crippen LogP contribution in [0, 0.1) is 0 Å². The van der Waals surface area contributed by atoms with E-state index in [-0.39, 0.29) is 6.10 Å². The number of aromatic nitrogens is 4. The molecule has 9 heteroatoms. The van der Waals surface area contributed by atoms with Crippen LogP contribution >= 0.6 is 12.6 Å². The molecule has 0 saturated carbocycles. The van der Waals surface area contributed by atoms with Gasteiger partial charge in [0.25, 0.3) is 0 Å². The van der Waals surface area contributed by atoms with Gasteiger partial charge in [0.2, 0.25) is 0 Å². The third-order valence-electron chi connectivity index (χ3n) is 5.91. The minimum atomic E-state index is 0.102. The van der Waals surface area contributed by atoms with Gasteiger partial charge < -0.3 is 20.7 Å². The van der Waals surface area contributed by atoms with Crippen molar-refractivity contribution in [3.8, 4) is 16.9 Å². The Morgan fingerprint density at radius 3 is 2.79 bits per heavy atom. The number of ether oxygens (including phenoxy) is 1. The normalized spacial score (nSPS) is 16.8. The Balaban J connectivity index is 1.61. The van der Waals surface area contributed by atoms with E-state index in [4.69, 9.17) is 10.5 Å². The van der Waals surface area contributed by atoms with Crippen molar-refractivity contribution in [3.05, 3.63) is 49.1 Å². The first-order valence-electron chi connectivity index (χ1n) is 10.9. The van der Waals surface area contributed by atoms with Gasteiger partial charge in [0.15, 0.2) is 0 Å². The number of rotatable bonds is 5. The van der Waals surface area contributed by atoms with Gasteiger partial charge in [-0.1, -0.05) is 0 Å². The molecule has 1 saturated heterocycles. The fourth-order valence-electron chi connectivity index (χ4n) is 4.23. The molecule has 1 fully saturated rings. The topological polar surface area (TPSA) is 94.1 Å². The van der Waals surface area contributed by atoms with Crippen LogP contribution in [0.5, 0.6) is 5.75 Å². The predicted octanol–water partition coefficient (Wildman–Crippen LogP) is 4.12. The average molecular weight is 462 g/mol. The summed E-state index contributed by atoms with van der Waals surface area (Å²) in [5.74, 6) is 1.44. The first kappa shape index (κ1) is 21.5. The Morgan fingerprint density at radius 2 is 2.03 bits per heavy atom. The second-order valence-electron chi connectivity index (χ2n) is 8.54. The van der Waals surface area contributed by atoms with Crippen molar-refractivity contribution >= 4 is 40.7 Å². The van der Waals surface area contributed by atoms with Crippen LogP contribution in [0.4, 0.5) is 17.2 Å². The minimum absolute atomic E-state index is 0.102. The van der Waals surface area contributed by atoms with Crippen molar-refractivity contribution in [1.29, 1.82) is 0 Å². The Bertz CT molecular complexity index is 1310. The molecule has 170 valence electrons.